The molecule has 0 aliphatic heterocycles. The van der Waals surface area contributed by atoms with Gasteiger partial charge in [0.1, 0.15) is 0 Å². The first-order chi connectivity index (χ1) is 12.5. The van der Waals surface area contributed by atoms with Crippen LogP contribution in [-0.2, 0) is 4.79 Å². The molecule has 0 aliphatic carbocycles. The molecular formula is C20H21N3O2S. The summed E-state index contributed by atoms with van der Waals surface area (Å²) in [5.74, 6) is 1.03. The number of anilines is 1. The third-order valence-electron chi connectivity index (χ3n) is 3.86. The minimum atomic E-state index is -0.109. The summed E-state index contributed by atoms with van der Waals surface area (Å²) in [6.45, 7) is 6.28. The van der Waals surface area contributed by atoms with E-state index in [1.807, 2.05) is 55.5 Å². The number of nitrogens with zero attached hydrogens (tertiary/aromatic N) is 2. The largest absolute Gasteiger partial charge is 0.411 e. The Morgan fingerprint density at radius 3 is 2.62 bits per heavy atom. The first-order valence-corrected chi connectivity index (χ1v) is 9.43. The molecule has 5 nitrogen and oxygen atoms in total. The monoisotopic (exact) mass is 367 g/mol. The van der Waals surface area contributed by atoms with Gasteiger partial charge >= 0.3 is 0 Å². The summed E-state index contributed by atoms with van der Waals surface area (Å²) in [7, 11) is 0. The van der Waals surface area contributed by atoms with E-state index in [1.54, 1.807) is 0 Å². The zero-order valence-electron chi connectivity index (χ0n) is 15.0. The predicted molar refractivity (Wildman–Crippen MR) is 104 cm³/mol. The molecule has 0 bridgehead atoms. The van der Waals surface area contributed by atoms with Gasteiger partial charge in [0.2, 0.25) is 11.8 Å². The van der Waals surface area contributed by atoms with Crippen molar-refractivity contribution in [2.24, 2.45) is 0 Å². The van der Waals surface area contributed by atoms with E-state index in [1.165, 1.54) is 17.3 Å². The van der Waals surface area contributed by atoms with Crippen LogP contribution in [0.2, 0.25) is 0 Å². The maximum absolute atomic E-state index is 12.1. The van der Waals surface area contributed by atoms with Crippen LogP contribution in [0, 0.1) is 6.92 Å². The van der Waals surface area contributed by atoms with Crippen LogP contribution in [0.3, 0.4) is 0 Å². The molecule has 0 atom stereocenters. The van der Waals surface area contributed by atoms with Crippen molar-refractivity contribution in [1.29, 1.82) is 0 Å². The van der Waals surface area contributed by atoms with Gasteiger partial charge in [-0.15, -0.1) is 10.2 Å². The van der Waals surface area contributed by atoms with Gasteiger partial charge in [0, 0.05) is 11.3 Å². The SMILES string of the molecule is Cc1cccc(-c2nnc(SCC(=O)Nc3ccc(C(C)C)cc3)o2)c1. The lowest BCUT2D eigenvalue weighted by Gasteiger charge is -2.07. The molecule has 0 aliphatic rings. The van der Waals surface area contributed by atoms with E-state index in [0.29, 0.717) is 17.0 Å². The Balaban J connectivity index is 1.55. The fraction of sp³-hybridized carbons (Fsp3) is 0.250. The molecule has 1 N–H and O–H groups in total. The van der Waals surface area contributed by atoms with Gasteiger partial charge in [-0.3, -0.25) is 4.79 Å². The molecule has 1 amide bonds. The molecule has 0 saturated heterocycles. The van der Waals surface area contributed by atoms with E-state index < -0.39 is 0 Å². The van der Waals surface area contributed by atoms with Crippen molar-refractivity contribution in [2.75, 3.05) is 11.1 Å². The number of thioether (sulfide) groups is 1. The number of hydrogen-bond acceptors (Lipinski definition) is 5. The highest BCUT2D eigenvalue weighted by Gasteiger charge is 2.11. The molecule has 3 rings (SSSR count). The number of carbonyl (C=O) groups is 1. The average Bonchev–Trinajstić information content (AvgIpc) is 3.09. The fourth-order valence-electron chi connectivity index (χ4n) is 2.44. The molecule has 0 fully saturated rings. The molecule has 0 spiro atoms. The smallest absolute Gasteiger partial charge is 0.277 e. The van der Waals surface area contributed by atoms with Gasteiger partial charge in [-0.25, -0.2) is 0 Å². The molecule has 0 saturated carbocycles. The van der Waals surface area contributed by atoms with E-state index in [4.69, 9.17) is 4.42 Å². The standard InChI is InChI=1S/C20H21N3O2S/c1-13(2)15-7-9-17(10-8-15)21-18(24)12-26-20-23-22-19(25-20)16-6-4-5-14(3)11-16/h4-11,13H,12H2,1-3H3,(H,21,24). The van der Waals surface area contributed by atoms with E-state index in [-0.39, 0.29) is 11.7 Å². The lowest BCUT2D eigenvalue weighted by molar-refractivity contribution is -0.113. The van der Waals surface area contributed by atoms with Crippen LogP contribution >= 0.6 is 11.8 Å². The number of rotatable bonds is 6. The van der Waals surface area contributed by atoms with Gasteiger partial charge in [-0.2, -0.15) is 0 Å². The van der Waals surface area contributed by atoms with E-state index in [2.05, 4.69) is 29.4 Å². The van der Waals surface area contributed by atoms with Crippen LogP contribution in [-0.4, -0.2) is 21.9 Å². The second-order valence-electron chi connectivity index (χ2n) is 6.36. The first kappa shape index (κ1) is 18.2. The summed E-state index contributed by atoms with van der Waals surface area (Å²) in [5, 5.41) is 11.3. The number of amides is 1. The zero-order chi connectivity index (χ0) is 18.5. The number of hydrogen-bond donors (Lipinski definition) is 1. The van der Waals surface area contributed by atoms with Gasteiger partial charge in [-0.05, 0) is 42.7 Å². The van der Waals surface area contributed by atoms with Gasteiger partial charge in [0.25, 0.3) is 5.22 Å². The van der Waals surface area contributed by atoms with Gasteiger partial charge in [0.15, 0.2) is 0 Å². The molecule has 0 radical (unpaired) electrons. The van der Waals surface area contributed by atoms with Crippen molar-refractivity contribution >= 4 is 23.4 Å². The summed E-state index contributed by atoms with van der Waals surface area (Å²) in [6.07, 6.45) is 0. The Hall–Kier alpha value is -2.60. The maximum Gasteiger partial charge on any atom is 0.277 e. The minimum Gasteiger partial charge on any atom is -0.411 e. The van der Waals surface area contributed by atoms with Crippen molar-refractivity contribution in [3.05, 3.63) is 59.7 Å². The number of benzene rings is 2. The molecule has 1 heterocycles. The summed E-state index contributed by atoms with van der Waals surface area (Å²) < 4.78 is 5.63. The Bertz CT molecular complexity index is 888. The van der Waals surface area contributed by atoms with Crippen molar-refractivity contribution in [1.82, 2.24) is 10.2 Å². The number of nitrogens with one attached hydrogen (secondary N) is 1. The average molecular weight is 367 g/mol. The van der Waals surface area contributed by atoms with Crippen molar-refractivity contribution in [3.8, 4) is 11.5 Å². The lowest BCUT2D eigenvalue weighted by atomic mass is 10.0. The van der Waals surface area contributed by atoms with Gasteiger partial charge in [-0.1, -0.05) is 55.4 Å². The van der Waals surface area contributed by atoms with Crippen LogP contribution in [0.1, 0.15) is 30.9 Å². The molecule has 1 aromatic heterocycles. The third-order valence-corrected chi connectivity index (χ3v) is 4.68. The highest BCUT2D eigenvalue weighted by Crippen LogP contribution is 2.24. The number of aromatic nitrogens is 2. The third kappa shape index (κ3) is 4.73. The topological polar surface area (TPSA) is 68.0 Å². The Labute approximate surface area is 157 Å². The normalized spacial score (nSPS) is 10.9. The second-order valence-corrected chi connectivity index (χ2v) is 7.28. The zero-order valence-corrected chi connectivity index (χ0v) is 15.8. The second kappa shape index (κ2) is 8.19. The van der Waals surface area contributed by atoms with E-state index >= 15 is 0 Å². The van der Waals surface area contributed by atoms with Crippen LogP contribution in [0.15, 0.2) is 58.2 Å². The summed E-state index contributed by atoms with van der Waals surface area (Å²) in [6, 6.07) is 15.7. The Kier molecular flexibility index (Phi) is 5.73. The van der Waals surface area contributed by atoms with Gasteiger partial charge < -0.3 is 9.73 Å². The van der Waals surface area contributed by atoms with Crippen molar-refractivity contribution < 1.29 is 9.21 Å². The number of aryl methyl sites for hydroxylation is 1. The molecule has 26 heavy (non-hydrogen) atoms. The van der Waals surface area contributed by atoms with E-state index in [9.17, 15) is 4.79 Å². The highest BCUT2D eigenvalue weighted by molar-refractivity contribution is 7.99. The predicted octanol–water partition coefficient (Wildman–Crippen LogP) is 4.90. The fourth-order valence-corrected chi connectivity index (χ4v) is 3.00. The molecule has 134 valence electrons. The summed E-state index contributed by atoms with van der Waals surface area (Å²) in [5.41, 5.74) is 4.02. The summed E-state index contributed by atoms with van der Waals surface area (Å²) in [4.78, 5) is 12.1. The minimum absolute atomic E-state index is 0.109. The molecule has 2 aromatic carbocycles. The quantitative estimate of drug-likeness (QED) is 0.628. The highest BCUT2D eigenvalue weighted by atomic mass is 32.2. The molecule has 3 aromatic rings. The van der Waals surface area contributed by atoms with Crippen molar-refractivity contribution in [2.45, 2.75) is 31.9 Å². The maximum atomic E-state index is 12.1. The molecule has 0 unspecified atom stereocenters. The number of carbonyl (C=O) groups excluding carboxylic acids is 1. The lowest BCUT2D eigenvalue weighted by Crippen LogP contribution is -2.14. The van der Waals surface area contributed by atoms with Crippen LogP contribution in [0.4, 0.5) is 5.69 Å². The first-order valence-electron chi connectivity index (χ1n) is 8.44. The van der Waals surface area contributed by atoms with Gasteiger partial charge in [0.05, 0.1) is 5.75 Å². The Morgan fingerprint density at radius 2 is 1.92 bits per heavy atom. The molecule has 6 heteroatoms. The van der Waals surface area contributed by atoms with Crippen LogP contribution in [0.5, 0.6) is 0 Å². The van der Waals surface area contributed by atoms with Crippen molar-refractivity contribution in [3.63, 3.8) is 0 Å². The molecular weight excluding hydrogens is 346 g/mol. The summed E-state index contributed by atoms with van der Waals surface area (Å²) >= 11 is 1.22. The van der Waals surface area contributed by atoms with Crippen LogP contribution in [0.25, 0.3) is 11.5 Å². The van der Waals surface area contributed by atoms with E-state index in [0.717, 1.165) is 16.8 Å². The van der Waals surface area contributed by atoms with Crippen LogP contribution < -0.4 is 5.32 Å². The Morgan fingerprint density at radius 1 is 1.15 bits per heavy atom.